The smallest absolute Gasteiger partial charge is 0.160 e. The van der Waals surface area contributed by atoms with Gasteiger partial charge in [0.2, 0.25) is 0 Å². The van der Waals surface area contributed by atoms with E-state index in [0.717, 1.165) is 35.5 Å². The molecule has 0 radical (unpaired) electrons. The summed E-state index contributed by atoms with van der Waals surface area (Å²) in [5, 5.41) is 4.65. The van der Waals surface area contributed by atoms with Crippen LogP contribution in [-0.2, 0) is 13.0 Å². The van der Waals surface area contributed by atoms with Crippen LogP contribution >= 0.6 is 11.3 Å². The van der Waals surface area contributed by atoms with Crippen molar-refractivity contribution in [2.75, 3.05) is 14.2 Å². The molecule has 112 valence electrons. The van der Waals surface area contributed by atoms with Crippen LogP contribution in [0, 0.1) is 0 Å². The number of nitrogens with one attached hydrogen (secondary N) is 1. The highest BCUT2D eigenvalue weighted by Gasteiger charge is 2.20. The van der Waals surface area contributed by atoms with E-state index in [-0.39, 0.29) is 0 Å². The third-order valence-electron chi connectivity index (χ3n) is 3.55. The van der Waals surface area contributed by atoms with Crippen molar-refractivity contribution in [3.8, 4) is 11.5 Å². The van der Waals surface area contributed by atoms with Gasteiger partial charge in [0.25, 0.3) is 0 Å². The predicted octanol–water partition coefficient (Wildman–Crippen LogP) is 3.00. The second-order valence-corrected chi connectivity index (χ2v) is 6.44. The van der Waals surface area contributed by atoms with Gasteiger partial charge in [-0.15, -0.1) is 11.3 Å². The summed E-state index contributed by atoms with van der Waals surface area (Å²) in [6.07, 6.45) is 5.44. The molecule has 0 unspecified atom stereocenters. The van der Waals surface area contributed by atoms with Gasteiger partial charge in [-0.05, 0) is 30.5 Å². The number of ether oxygens (including phenoxy) is 2. The van der Waals surface area contributed by atoms with E-state index in [1.54, 1.807) is 25.6 Å². The summed E-state index contributed by atoms with van der Waals surface area (Å²) in [7, 11) is 3.31. The Morgan fingerprint density at radius 2 is 2.05 bits per heavy atom. The van der Waals surface area contributed by atoms with Gasteiger partial charge in [-0.1, -0.05) is 6.07 Å². The van der Waals surface area contributed by atoms with E-state index in [4.69, 9.17) is 9.47 Å². The van der Waals surface area contributed by atoms with Crippen LogP contribution in [0.3, 0.4) is 0 Å². The standard InChI is InChI=1S/C16H20N2O2S/c1-19-14-6-3-11(7-15(14)20-2)8-16-18-10-13(21-16)9-17-12-4-5-12/h3,6-7,10,12,17H,4-5,8-9H2,1-2H3. The molecule has 1 aromatic carbocycles. The van der Waals surface area contributed by atoms with Gasteiger partial charge in [0.1, 0.15) is 0 Å². The molecule has 4 nitrogen and oxygen atoms in total. The molecule has 1 fully saturated rings. The van der Waals surface area contributed by atoms with Crippen molar-refractivity contribution in [1.29, 1.82) is 0 Å². The highest BCUT2D eigenvalue weighted by molar-refractivity contribution is 7.11. The lowest BCUT2D eigenvalue weighted by Gasteiger charge is -2.08. The van der Waals surface area contributed by atoms with E-state index in [1.807, 2.05) is 18.3 Å². The molecule has 0 amide bonds. The molecule has 0 bridgehead atoms. The van der Waals surface area contributed by atoms with Gasteiger partial charge in [0.05, 0.1) is 19.2 Å². The van der Waals surface area contributed by atoms with Crippen LogP contribution in [0.4, 0.5) is 0 Å². The molecule has 0 atom stereocenters. The SMILES string of the molecule is COc1ccc(Cc2ncc(CNC3CC3)s2)cc1OC. The van der Waals surface area contributed by atoms with Crippen molar-refractivity contribution in [2.24, 2.45) is 0 Å². The minimum atomic E-state index is 0.737. The lowest BCUT2D eigenvalue weighted by atomic mass is 10.1. The molecular formula is C16H20N2O2S. The van der Waals surface area contributed by atoms with Gasteiger partial charge in [-0.2, -0.15) is 0 Å². The summed E-state index contributed by atoms with van der Waals surface area (Å²) in [5.74, 6) is 1.52. The molecule has 0 spiro atoms. The minimum absolute atomic E-state index is 0.737. The molecule has 5 heteroatoms. The van der Waals surface area contributed by atoms with Crippen LogP contribution in [0.25, 0.3) is 0 Å². The quantitative estimate of drug-likeness (QED) is 0.854. The van der Waals surface area contributed by atoms with Crippen LogP contribution < -0.4 is 14.8 Å². The van der Waals surface area contributed by atoms with Crippen molar-refractivity contribution in [1.82, 2.24) is 10.3 Å². The molecule has 0 aliphatic heterocycles. The Hall–Kier alpha value is -1.59. The van der Waals surface area contributed by atoms with Gasteiger partial charge in [-0.3, -0.25) is 0 Å². The van der Waals surface area contributed by atoms with Crippen molar-refractivity contribution < 1.29 is 9.47 Å². The molecule has 1 aliphatic rings. The highest BCUT2D eigenvalue weighted by Crippen LogP contribution is 2.29. The summed E-state index contributed by atoms with van der Waals surface area (Å²) in [6, 6.07) is 6.76. The van der Waals surface area contributed by atoms with Crippen LogP contribution in [0.5, 0.6) is 11.5 Å². The average molecular weight is 304 g/mol. The number of methoxy groups -OCH3 is 2. The van der Waals surface area contributed by atoms with Gasteiger partial charge in [0.15, 0.2) is 11.5 Å². The largest absolute Gasteiger partial charge is 0.493 e. The van der Waals surface area contributed by atoms with Crippen molar-refractivity contribution in [2.45, 2.75) is 31.8 Å². The van der Waals surface area contributed by atoms with Gasteiger partial charge in [-0.25, -0.2) is 4.98 Å². The van der Waals surface area contributed by atoms with Gasteiger partial charge >= 0.3 is 0 Å². The van der Waals surface area contributed by atoms with Crippen LogP contribution in [0.2, 0.25) is 0 Å². The van der Waals surface area contributed by atoms with Crippen LogP contribution in [0.1, 0.15) is 28.3 Å². The monoisotopic (exact) mass is 304 g/mol. The molecule has 0 saturated heterocycles. The molecule has 21 heavy (non-hydrogen) atoms. The molecule has 2 aromatic rings. The van der Waals surface area contributed by atoms with E-state index in [2.05, 4.69) is 16.4 Å². The number of thiazole rings is 1. The van der Waals surface area contributed by atoms with Gasteiger partial charge < -0.3 is 14.8 Å². The number of rotatable bonds is 7. The first-order chi connectivity index (χ1) is 10.3. The Morgan fingerprint density at radius 3 is 2.76 bits per heavy atom. The normalized spacial score (nSPS) is 14.2. The highest BCUT2D eigenvalue weighted by atomic mass is 32.1. The fourth-order valence-corrected chi connectivity index (χ4v) is 3.12. The second kappa shape index (κ2) is 6.45. The van der Waals surface area contributed by atoms with E-state index >= 15 is 0 Å². The number of aromatic nitrogens is 1. The minimum Gasteiger partial charge on any atom is -0.493 e. The first kappa shape index (κ1) is 14.4. The lowest BCUT2D eigenvalue weighted by Crippen LogP contribution is -2.14. The van der Waals surface area contributed by atoms with Crippen molar-refractivity contribution >= 4 is 11.3 Å². The first-order valence-electron chi connectivity index (χ1n) is 7.16. The zero-order valence-corrected chi connectivity index (χ0v) is 13.2. The van der Waals surface area contributed by atoms with Crippen LogP contribution in [0.15, 0.2) is 24.4 Å². The molecule has 1 saturated carbocycles. The average Bonchev–Trinajstić information content (AvgIpc) is 3.24. The maximum atomic E-state index is 5.34. The Bertz CT molecular complexity index is 608. The number of benzene rings is 1. The molecule has 1 aliphatic carbocycles. The van der Waals surface area contributed by atoms with Crippen molar-refractivity contribution in [3.05, 3.63) is 39.8 Å². The zero-order chi connectivity index (χ0) is 14.7. The zero-order valence-electron chi connectivity index (χ0n) is 12.4. The topological polar surface area (TPSA) is 43.4 Å². The number of hydrogen-bond acceptors (Lipinski definition) is 5. The third-order valence-corrected chi connectivity index (χ3v) is 4.54. The van der Waals surface area contributed by atoms with E-state index in [0.29, 0.717) is 0 Å². The fraction of sp³-hybridized carbons (Fsp3) is 0.438. The summed E-state index contributed by atoms with van der Waals surface area (Å²) in [6.45, 7) is 0.939. The summed E-state index contributed by atoms with van der Waals surface area (Å²) in [4.78, 5) is 5.82. The Labute approximate surface area is 129 Å². The number of hydrogen-bond donors (Lipinski definition) is 1. The summed E-state index contributed by atoms with van der Waals surface area (Å²) < 4.78 is 10.6. The third kappa shape index (κ3) is 3.74. The van der Waals surface area contributed by atoms with E-state index in [1.165, 1.54) is 23.3 Å². The number of nitrogens with zero attached hydrogens (tertiary/aromatic N) is 1. The predicted molar refractivity (Wildman–Crippen MR) is 84.3 cm³/mol. The molecule has 1 aromatic heterocycles. The molecule has 1 heterocycles. The van der Waals surface area contributed by atoms with Gasteiger partial charge in [0, 0.05) is 30.1 Å². The van der Waals surface area contributed by atoms with E-state index < -0.39 is 0 Å². The Kier molecular flexibility index (Phi) is 4.41. The summed E-state index contributed by atoms with van der Waals surface area (Å²) >= 11 is 1.78. The Balaban J connectivity index is 1.65. The lowest BCUT2D eigenvalue weighted by molar-refractivity contribution is 0.354. The Morgan fingerprint density at radius 1 is 1.24 bits per heavy atom. The maximum absolute atomic E-state index is 5.34. The van der Waals surface area contributed by atoms with Crippen molar-refractivity contribution in [3.63, 3.8) is 0 Å². The maximum Gasteiger partial charge on any atom is 0.160 e. The second-order valence-electron chi connectivity index (χ2n) is 5.24. The fourth-order valence-electron chi connectivity index (χ4n) is 2.21. The van der Waals surface area contributed by atoms with Crippen LogP contribution in [-0.4, -0.2) is 25.2 Å². The molecule has 1 N–H and O–H groups in total. The first-order valence-corrected chi connectivity index (χ1v) is 7.98. The molecular weight excluding hydrogens is 284 g/mol. The molecule has 3 rings (SSSR count). The summed E-state index contributed by atoms with van der Waals surface area (Å²) in [5.41, 5.74) is 1.18. The van der Waals surface area contributed by atoms with E-state index in [9.17, 15) is 0 Å².